The molecule has 0 radical (unpaired) electrons. The second kappa shape index (κ2) is 12.5. The Kier molecular flexibility index (Phi) is 8.91. The maximum Gasteiger partial charge on any atom is 0.193 e. The summed E-state index contributed by atoms with van der Waals surface area (Å²) in [5, 5.41) is 1.95. The molecule has 0 atom stereocenters. The molecule has 0 aliphatic carbocycles. The Balaban J connectivity index is 1.36. The zero-order chi connectivity index (χ0) is 27.4. The smallest absolute Gasteiger partial charge is 0.193 e. The third-order valence-corrected chi connectivity index (χ3v) is 10.2. The molecule has 7 heteroatoms. The van der Waals surface area contributed by atoms with Crippen LogP contribution in [0.4, 0.5) is 0 Å². The highest BCUT2D eigenvalue weighted by Gasteiger charge is 2.28. The summed E-state index contributed by atoms with van der Waals surface area (Å²) in [6.45, 7) is 0. The minimum Gasteiger partial charge on any atom is -0.497 e. The van der Waals surface area contributed by atoms with E-state index in [2.05, 4.69) is 48.5 Å². The molecule has 5 aromatic carbocycles. The van der Waals surface area contributed by atoms with Crippen molar-refractivity contribution >= 4 is 63.2 Å². The molecule has 0 N–H and O–H groups in total. The Morgan fingerprint density at radius 2 is 1.13 bits per heavy atom. The predicted octanol–water partition coefficient (Wildman–Crippen LogP) is 10.1. The fourth-order valence-electron chi connectivity index (χ4n) is 3.95. The van der Waals surface area contributed by atoms with Gasteiger partial charge in [-0.2, -0.15) is 0 Å². The number of hydrogen-bond donors (Lipinski definition) is 0. The molecule has 0 fully saturated rings. The number of carbonyl (C=O) groups excluding carboxylic acids is 1. The van der Waals surface area contributed by atoms with Crippen LogP contribution in [0.5, 0.6) is 5.75 Å². The highest BCUT2D eigenvalue weighted by atomic mass is 35.5. The van der Waals surface area contributed by atoms with Crippen molar-refractivity contribution < 1.29 is 9.53 Å². The average molecular weight is 609 g/mol. The van der Waals surface area contributed by atoms with Gasteiger partial charge in [0.25, 0.3) is 0 Å². The Morgan fingerprint density at radius 3 is 1.62 bits per heavy atom. The van der Waals surface area contributed by atoms with Crippen LogP contribution < -0.4 is 4.74 Å². The minimum atomic E-state index is -0.317. The van der Waals surface area contributed by atoms with E-state index in [0.717, 1.165) is 9.79 Å². The number of methoxy groups -OCH3 is 1. The molecule has 0 saturated heterocycles. The highest BCUT2D eigenvalue weighted by molar-refractivity contribution is 7.99. The largest absolute Gasteiger partial charge is 0.497 e. The topological polar surface area (TPSA) is 26.3 Å². The molecule has 0 bridgehead atoms. The van der Waals surface area contributed by atoms with Crippen molar-refractivity contribution in [2.24, 2.45) is 0 Å². The van der Waals surface area contributed by atoms with Gasteiger partial charge in [0, 0.05) is 31.0 Å². The standard InChI is InChI=1S/C32H22Cl3O2S2/c1-37-25-9-2-21(3-10-25)32(36)22-4-19-31(30(35)20-22)38-26-11-17-29(18-12-26)39(27-13-5-23(33)6-14-27)28-15-7-24(34)8-16-28/h2-20H,1H3/q+1. The number of rotatable bonds is 8. The van der Waals surface area contributed by atoms with E-state index in [9.17, 15) is 4.79 Å². The van der Waals surface area contributed by atoms with Crippen molar-refractivity contribution in [2.75, 3.05) is 7.11 Å². The first-order chi connectivity index (χ1) is 18.9. The first-order valence-electron chi connectivity index (χ1n) is 11.9. The lowest BCUT2D eigenvalue weighted by Crippen LogP contribution is -2.04. The Morgan fingerprint density at radius 1 is 0.641 bits per heavy atom. The second-order valence-electron chi connectivity index (χ2n) is 8.49. The number of ether oxygens (including phenoxy) is 1. The lowest BCUT2D eigenvalue weighted by atomic mass is 10.0. The van der Waals surface area contributed by atoms with Crippen LogP contribution >= 0.6 is 46.6 Å². The third kappa shape index (κ3) is 6.66. The molecular formula is C32H22Cl3O2S2+. The first-order valence-corrected chi connectivity index (χ1v) is 15.1. The second-order valence-corrected chi connectivity index (χ2v) is 12.9. The van der Waals surface area contributed by atoms with Gasteiger partial charge in [0.15, 0.2) is 20.5 Å². The van der Waals surface area contributed by atoms with E-state index in [1.807, 2.05) is 36.4 Å². The van der Waals surface area contributed by atoms with Crippen molar-refractivity contribution in [3.8, 4) is 5.75 Å². The molecule has 0 aromatic heterocycles. The molecule has 0 unspecified atom stereocenters. The van der Waals surface area contributed by atoms with Gasteiger partial charge in [0.05, 0.1) is 23.0 Å². The highest BCUT2D eigenvalue weighted by Crippen LogP contribution is 2.37. The minimum absolute atomic E-state index is 0.0862. The van der Waals surface area contributed by atoms with E-state index in [1.54, 1.807) is 49.2 Å². The SMILES string of the molecule is COc1ccc(C(=O)c2ccc(Sc3ccc([S+](c4ccc(Cl)cc4)c4ccc(Cl)cc4)cc3)c(Cl)c2)cc1. The van der Waals surface area contributed by atoms with Crippen LogP contribution in [-0.4, -0.2) is 12.9 Å². The summed E-state index contributed by atoms with van der Waals surface area (Å²) in [6.07, 6.45) is 0. The lowest BCUT2D eigenvalue weighted by Gasteiger charge is -2.10. The fraction of sp³-hybridized carbons (Fsp3) is 0.0312. The number of carbonyl (C=O) groups is 1. The van der Waals surface area contributed by atoms with Crippen LogP contribution in [0.2, 0.25) is 15.1 Å². The van der Waals surface area contributed by atoms with Gasteiger partial charge in [0.2, 0.25) is 0 Å². The molecule has 0 saturated carbocycles. The van der Waals surface area contributed by atoms with Crippen molar-refractivity contribution in [3.63, 3.8) is 0 Å². The Labute approximate surface area is 250 Å². The molecule has 0 heterocycles. The van der Waals surface area contributed by atoms with E-state index in [-0.39, 0.29) is 16.7 Å². The van der Waals surface area contributed by atoms with Crippen LogP contribution in [0.25, 0.3) is 0 Å². The van der Waals surface area contributed by atoms with Crippen LogP contribution in [0.3, 0.4) is 0 Å². The van der Waals surface area contributed by atoms with Gasteiger partial charge >= 0.3 is 0 Å². The predicted molar refractivity (Wildman–Crippen MR) is 164 cm³/mol. The lowest BCUT2D eigenvalue weighted by molar-refractivity contribution is 0.103. The monoisotopic (exact) mass is 607 g/mol. The van der Waals surface area contributed by atoms with E-state index in [4.69, 9.17) is 39.5 Å². The average Bonchev–Trinajstić information content (AvgIpc) is 2.97. The molecule has 5 rings (SSSR count). The molecular weight excluding hydrogens is 587 g/mol. The molecule has 0 aliphatic heterocycles. The van der Waals surface area contributed by atoms with Crippen LogP contribution in [0.1, 0.15) is 15.9 Å². The fourth-order valence-corrected chi connectivity index (χ4v) is 7.36. The summed E-state index contributed by atoms with van der Waals surface area (Å²) in [6, 6.07) is 36.9. The third-order valence-electron chi connectivity index (χ3n) is 5.93. The van der Waals surface area contributed by atoms with Gasteiger partial charge < -0.3 is 4.74 Å². The molecule has 0 amide bonds. The summed E-state index contributed by atoms with van der Waals surface area (Å²) in [5.41, 5.74) is 1.12. The summed E-state index contributed by atoms with van der Waals surface area (Å²) < 4.78 is 5.18. The summed E-state index contributed by atoms with van der Waals surface area (Å²) in [7, 11) is 1.28. The van der Waals surface area contributed by atoms with Gasteiger partial charge in [-0.25, -0.2) is 0 Å². The Bertz CT molecular complexity index is 1540. The molecule has 2 nitrogen and oxygen atoms in total. The van der Waals surface area contributed by atoms with E-state index >= 15 is 0 Å². The molecule has 5 aromatic rings. The van der Waals surface area contributed by atoms with E-state index in [0.29, 0.717) is 31.9 Å². The molecule has 194 valence electrons. The zero-order valence-corrected chi connectivity index (χ0v) is 24.6. The van der Waals surface area contributed by atoms with Crippen molar-refractivity contribution in [1.29, 1.82) is 0 Å². The molecule has 39 heavy (non-hydrogen) atoms. The summed E-state index contributed by atoms with van der Waals surface area (Å²) >= 11 is 20.5. The summed E-state index contributed by atoms with van der Waals surface area (Å²) in [4.78, 5) is 18.4. The van der Waals surface area contributed by atoms with Gasteiger partial charge in [-0.1, -0.05) is 46.6 Å². The number of ketones is 1. The van der Waals surface area contributed by atoms with Gasteiger partial charge in [-0.15, -0.1) is 0 Å². The number of halogens is 3. The van der Waals surface area contributed by atoms with Crippen LogP contribution in [-0.2, 0) is 10.9 Å². The molecule has 0 aliphatic rings. The first kappa shape index (κ1) is 27.7. The Hall–Kier alpha value is -2.86. The van der Waals surface area contributed by atoms with Gasteiger partial charge in [-0.05, 0) is 115 Å². The van der Waals surface area contributed by atoms with Crippen molar-refractivity contribution in [3.05, 3.63) is 141 Å². The van der Waals surface area contributed by atoms with Crippen molar-refractivity contribution in [1.82, 2.24) is 0 Å². The zero-order valence-electron chi connectivity index (χ0n) is 20.7. The van der Waals surface area contributed by atoms with Gasteiger partial charge in [-0.3, -0.25) is 4.79 Å². The maximum absolute atomic E-state index is 12.9. The van der Waals surface area contributed by atoms with Crippen molar-refractivity contribution in [2.45, 2.75) is 24.5 Å². The van der Waals surface area contributed by atoms with Gasteiger partial charge in [0.1, 0.15) is 5.75 Å². The normalized spacial score (nSPS) is 11.0. The van der Waals surface area contributed by atoms with E-state index < -0.39 is 0 Å². The summed E-state index contributed by atoms with van der Waals surface area (Å²) in [5.74, 6) is 0.618. The quantitative estimate of drug-likeness (QED) is 0.129. The maximum atomic E-state index is 12.9. The number of benzene rings is 5. The number of hydrogen-bond acceptors (Lipinski definition) is 3. The van der Waals surface area contributed by atoms with Crippen LogP contribution in [0.15, 0.2) is 140 Å². The van der Waals surface area contributed by atoms with Crippen LogP contribution in [0, 0.1) is 0 Å². The molecule has 0 spiro atoms. The van der Waals surface area contributed by atoms with E-state index in [1.165, 1.54) is 14.7 Å².